The van der Waals surface area contributed by atoms with E-state index in [1.165, 1.54) is 11.3 Å². The SMILES string of the molecule is CC(C)c1csc(CCNC(=O)c2ccc(F)c(F)c2F)n1. The quantitative estimate of drug-likeness (QED) is 0.851. The molecule has 22 heavy (non-hydrogen) atoms. The average Bonchev–Trinajstić information content (AvgIpc) is 2.94. The van der Waals surface area contributed by atoms with Gasteiger partial charge >= 0.3 is 0 Å². The van der Waals surface area contributed by atoms with Gasteiger partial charge in [0, 0.05) is 18.3 Å². The summed E-state index contributed by atoms with van der Waals surface area (Å²) in [6.07, 6.45) is 0.494. The summed E-state index contributed by atoms with van der Waals surface area (Å²) in [5.74, 6) is -4.89. The molecule has 0 aliphatic rings. The highest BCUT2D eigenvalue weighted by Gasteiger charge is 2.18. The zero-order chi connectivity index (χ0) is 16.3. The third kappa shape index (κ3) is 3.65. The lowest BCUT2D eigenvalue weighted by molar-refractivity contribution is 0.0949. The van der Waals surface area contributed by atoms with Crippen LogP contribution < -0.4 is 5.32 Å². The van der Waals surface area contributed by atoms with Crippen molar-refractivity contribution in [2.45, 2.75) is 26.2 Å². The van der Waals surface area contributed by atoms with Gasteiger partial charge in [0.05, 0.1) is 16.3 Å². The molecule has 7 heteroatoms. The molecule has 2 aromatic rings. The molecule has 1 aromatic carbocycles. The van der Waals surface area contributed by atoms with Gasteiger partial charge in [-0.1, -0.05) is 13.8 Å². The first-order chi connectivity index (χ1) is 10.4. The molecule has 0 unspecified atom stereocenters. The van der Waals surface area contributed by atoms with Crippen LogP contribution >= 0.6 is 11.3 Å². The second-order valence-electron chi connectivity index (χ2n) is 5.05. The van der Waals surface area contributed by atoms with Crippen LogP contribution in [-0.2, 0) is 6.42 Å². The lowest BCUT2D eigenvalue weighted by atomic mass is 10.2. The summed E-state index contributed by atoms with van der Waals surface area (Å²) in [7, 11) is 0. The van der Waals surface area contributed by atoms with Crippen LogP contribution in [0.15, 0.2) is 17.5 Å². The van der Waals surface area contributed by atoms with Crippen molar-refractivity contribution in [3.8, 4) is 0 Å². The Morgan fingerprint density at radius 1 is 1.27 bits per heavy atom. The topological polar surface area (TPSA) is 42.0 Å². The Labute approximate surface area is 130 Å². The molecule has 0 spiro atoms. The Balaban J connectivity index is 1.94. The van der Waals surface area contributed by atoms with Gasteiger partial charge in [-0.25, -0.2) is 18.2 Å². The van der Waals surface area contributed by atoms with Gasteiger partial charge in [0.15, 0.2) is 17.5 Å². The largest absolute Gasteiger partial charge is 0.352 e. The molecule has 1 amide bonds. The van der Waals surface area contributed by atoms with E-state index in [1.54, 1.807) is 0 Å². The van der Waals surface area contributed by atoms with Crippen molar-refractivity contribution in [1.82, 2.24) is 10.3 Å². The number of aromatic nitrogens is 1. The zero-order valence-electron chi connectivity index (χ0n) is 12.1. The van der Waals surface area contributed by atoms with Gasteiger partial charge in [-0.15, -0.1) is 11.3 Å². The van der Waals surface area contributed by atoms with Crippen LogP contribution in [0.1, 0.15) is 40.8 Å². The number of nitrogens with one attached hydrogen (secondary N) is 1. The Hall–Kier alpha value is -1.89. The van der Waals surface area contributed by atoms with Crippen LogP contribution in [0.2, 0.25) is 0 Å². The van der Waals surface area contributed by atoms with Gasteiger partial charge < -0.3 is 5.32 Å². The highest BCUT2D eigenvalue weighted by molar-refractivity contribution is 7.09. The van der Waals surface area contributed by atoms with E-state index in [-0.39, 0.29) is 6.54 Å². The second kappa shape index (κ2) is 6.91. The fraction of sp³-hybridized carbons (Fsp3) is 0.333. The Morgan fingerprint density at radius 2 is 2.00 bits per heavy atom. The van der Waals surface area contributed by atoms with Crippen molar-refractivity contribution in [2.75, 3.05) is 6.54 Å². The average molecular weight is 328 g/mol. The molecule has 118 valence electrons. The first kappa shape index (κ1) is 16.5. The van der Waals surface area contributed by atoms with E-state index < -0.39 is 28.9 Å². The summed E-state index contributed by atoms with van der Waals surface area (Å²) < 4.78 is 39.4. The number of carbonyl (C=O) groups is 1. The summed E-state index contributed by atoms with van der Waals surface area (Å²) in [5.41, 5.74) is 0.471. The first-order valence-electron chi connectivity index (χ1n) is 6.76. The van der Waals surface area contributed by atoms with Gasteiger partial charge in [-0.05, 0) is 18.1 Å². The van der Waals surface area contributed by atoms with Crippen molar-refractivity contribution in [3.05, 3.63) is 51.2 Å². The Kier molecular flexibility index (Phi) is 5.18. The number of amides is 1. The van der Waals surface area contributed by atoms with Crippen LogP contribution in [-0.4, -0.2) is 17.4 Å². The van der Waals surface area contributed by atoms with E-state index in [1.807, 2.05) is 19.2 Å². The molecule has 1 N–H and O–H groups in total. The molecular weight excluding hydrogens is 313 g/mol. The van der Waals surface area contributed by atoms with Crippen LogP contribution in [0.3, 0.4) is 0 Å². The number of thiazole rings is 1. The van der Waals surface area contributed by atoms with Crippen molar-refractivity contribution >= 4 is 17.2 Å². The lowest BCUT2D eigenvalue weighted by Gasteiger charge is -2.06. The lowest BCUT2D eigenvalue weighted by Crippen LogP contribution is -2.27. The summed E-state index contributed by atoms with van der Waals surface area (Å²) in [6, 6.07) is 1.65. The summed E-state index contributed by atoms with van der Waals surface area (Å²) in [4.78, 5) is 16.2. The van der Waals surface area contributed by atoms with E-state index in [2.05, 4.69) is 10.3 Å². The normalized spacial score (nSPS) is 11.0. The molecule has 2 rings (SSSR count). The van der Waals surface area contributed by atoms with E-state index in [4.69, 9.17) is 0 Å². The van der Waals surface area contributed by atoms with E-state index in [0.717, 1.165) is 22.8 Å². The standard InChI is InChI=1S/C15H15F3N2OS/c1-8(2)11-7-22-12(20-11)5-6-19-15(21)9-3-4-10(16)14(18)13(9)17/h3-4,7-8H,5-6H2,1-2H3,(H,19,21). The predicted octanol–water partition coefficient (Wildman–Crippen LogP) is 3.66. The van der Waals surface area contributed by atoms with Crippen molar-refractivity contribution < 1.29 is 18.0 Å². The molecule has 1 aromatic heterocycles. The molecule has 0 saturated carbocycles. The summed E-state index contributed by atoms with van der Waals surface area (Å²) in [6.45, 7) is 4.31. The number of halogens is 3. The second-order valence-corrected chi connectivity index (χ2v) is 5.99. The molecule has 0 saturated heterocycles. The van der Waals surface area contributed by atoms with Crippen LogP contribution in [0.5, 0.6) is 0 Å². The minimum atomic E-state index is -1.64. The van der Waals surface area contributed by atoms with E-state index in [9.17, 15) is 18.0 Å². The number of hydrogen-bond acceptors (Lipinski definition) is 3. The Morgan fingerprint density at radius 3 is 2.64 bits per heavy atom. The fourth-order valence-corrected chi connectivity index (χ4v) is 2.74. The van der Waals surface area contributed by atoms with Gasteiger partial charge in [-0.2, -0.15) is 0 Å². The van der Waals surface area contributed by atoms with Crippen LogP contribution in [0, 0.1) is 17.5 Å². The van der Waals surface area contributed by atoms with Crippen molar-refractivity contribution in [3.63, 3.8) is 0 Å². The first-order valence-corrected chi connectivity index (χ1v) is 7.64. The predicted molar refractivity (Wildman–Crippen MR) is 78.6 cm³/mol. The summed E-state index contributed by atoms with van der Waals surface area (Å²) in [5, 5.41) is 5.28. The Bertz CT molecular complexity index is 685. The molecule has 0 atom stereocenters. The van der Waals surface area contributed by atoms with Crippen LogP contribution in [0.25, 0.3) is 0 Å². The highest BCUT2D eigenvalue weighted by Crippen LogP contribution is 2.18. The molecule has 0 fully saturated rings. The molecule has 0 aliphatic carbocycles. The zero-order valence-corrected chi connectivity index (χ0v) is 12.9. The van der Waals surface area contributed by atoms with Crippen LogP contribution in [0.4, 0.5) is 13.2 Å². The third-order valence-electron chi connectivity index (χ3n) is 3.07. The molecule has 1 heterocycles. The summed E-state index contributed by atoms with van der Waals surface area (Å²) >= 11 is 1.49. The third-order valence-corrected chi connectivity index (χ3v) is 3.99. The molecule has 3 nitrogen and oxygen atoms in total. The van der Waals surface area contributed by atoms with E-state index >= 15 is 0 Å². The maximum absolute atomic E-state index is 13.5. The van der Waals surface area contributed by atoms with Crippen molar-refractivity contribution in [2.24, 2.45) is 0 Å². The fourth-order valence-electron chi connectivity index (χ4n) is 1.78. The molecule has 0 radical (unpaired) electrons. The van der Waals surface area contributed by atoms with Gasteiger partial charge in [-0.3, -0.25) is 4.79 Å². The number of benzene rings is 1. The van der Waals surface area contributed by atoms with E-state index in [0.29, 0.717) is 12.3 Å². The smallest absolute Gasteiger partial charge is 0.254 e. The highest BCUT2D eigenvalue weighted by atomic mass is 32.1. The van der Waals surface area contributed by atoms with Crippen molar-refractivity contribution in [1.29, 1.82) is 0 Å². The number of rotatable bonds is 5. The van der Waals surface area contributed by atoms with Gasteiger partial charge in [0.1, 0.15) is 0 Å². The molecule has 0 aliphatic heterocycles. The van der Waals surface area contributed by atoms with Gasteiger partial charge in [0.25, 0.3) is 5.91 Å². The molecule has 0 bridgehead atoms. The van der Waals surface area contributed by atoms with Gasteiger partial charge in [0.2, 0.25) is 0 Å². The number of hydrogen-bond donors (Lipinski definition) is 1. The maximum Gasteiger partial charge on any atom is 0.254 e. The monoisotopic (exact) mass is 328 g/mol. The minimum Gasteiger partial charge on any atom is -0.352 e. The number of carbonyl (C=O) groups excluding carboxylic acids is 1. The number of nitrogens with zero attached hydrogens (tertiary/aromatic N) is 1. The maximum atomic E-state index is 13.5. The molecular formula is C15H15F3N2OS. The minimum absolute atomic E-state index is 0.238.